The Morgan fingerprint density at radius 2 is 2.06 bits per heavy atom. The van der Waals surface area contributed by atoms with Crippen molar-refractivity contribution in [2.24, 2.45) is 5.84 Å². The second-order valence-corrected chi connectivity index (χ2v) is 5.45. The normalized spacial score (nSPS) is 20.1. The van der Waals surface area contributed by atoms with Crippen LogP contribution in [0.3, 0.4) is 0 Å². The van der Waals surface area contributed by atoms with Crippen LogP contribution in [0.4, 0.5) is 11.6 Å². The average molecular weight is 253 g/mol. The highest BCUT2D eigenvalue weighted by atomic mass is 32.2. The number of anilines is 2. The number of nitrogens with one attached hydrogen (secondary N) is 2. The molecule has 1 aromatic heterocycles. The Balaban J connectivity index is 2.16. The number of nitrogen functional groups attached to an aromatic ring is 1. The first-order valence-electron chi connectivity index (χ1n) is 5.87. The molecule has 1 fully saturated rings. The van der Waals surface area contributed by atoms with Gasteiger partial charge in [0.15, 0.2) is 0 Å². The molecule has 2 rings (SSSR count). The van der Waals surface area contributed by atoms with E-state index in [0.29, 0.717) is 11.9 Å². The zero-order valence-corrected chi connectivity index (χ0v) is 11.1. The van der Waals surface area contributed by atoms with Gasteiger partial charge in [-0.3, -0.25) is 0 Å². The summed E-state index contributed by atoms with van der Waals surface area (Å²) < 4.78 is 0. The van der Waals surface area contributed by atoms with E-state index in [4.69, 9.17) is 5.84 Å². The van der Waals surface area contributed by atoms with Crippen LogP contribution in [0.1, 0.15) is 24.2 Å². The lowest BCUT2D eigenvalue weighted by molar-refractivity contribution is 0.680. The Kier molecular flexibility index (Phi) is 4.06. The summed E-state index contributed by atoms with van der Waals surface area (Å²) in [6.45, 7) is 3.86. The van der Waals surface area contributed by atoms with Crippen molar-refractivity contribution >= 4 is 23.4 Å². The smallest absolute Gasteiger partial charge is 0.148 e. The standard InChI is InChI=1S/C11H19N5S/c1-7-10(13-8(2)14-11(7)16-12)15-9-4-3-5-17-6-9/h9H,3-6,12H2,1-2H3,(H2,13,14,15,16). The topological polar surface area (TPSA) is 75.9 Å². The first-order chi connectivity index (χ1) is 8.20. The summed E-state index contributed by atoms with van der Waals surface area (Å²) in [4.78, 5) is 8.70. The van der Waals surface area contributed by atoms with Gasteiger partial charge >= 0.3 is 0 Å². The van der Waals surface area contributed by atoms with Crippen molar-refractivity contribution in [3.63, 3.8) is 0 Å². The third-order valence-corrected chi connectivity index (χ3v) is 4.11. The van der Waals surface area contributed by atoms with Gasteiger partial charge in [0.2, 0.25) is 0 Å². The van der Waals surface area contributed by atoms with Crippen LogP contribution >= 0.6 is 11.8 Å². The molecule has 0 spiro atoms. The minimum absolute atomic E-state index is 0.507. The predicted molar refractivity (Wildman–Crippen MR) is 73.3 cm³/mol. The van der Waals surface area contributed by atoms with Gasteiger partial charge in [0.1, 0.15) is 17.5 Å². The highest BCUT2D eigenvalue weighted by Gasteiger charge is 2.16. The molecule has 1 saturated heterocycles. The lowest BCUT2D eigenvalue weighted by atomic mass is 10.2. The van der Waals surface area contributed by atoms with Crippen LogP contribution < -0.4 is 16.6 Å². The number of hydrogen-bond acceptors (Lipinski definition) is 6. The predicted octanol–water partition coefficient (Wildman–Crippen LogP) is 1.69. The molecule has 1 aliphatic rings. The maximum absolute atomic E-state index is 5.45. The van der Waals surface area contributed by atoms with Gasteiger partial charge in [-0.25, -0.2) is 15.8 Å². The van der Waals surface area contributed by atoms with Crippen LogP contribution in [-0.4, -0.2) is 27.5 Å². The molecule has 0 amide bonds. The number of nitrogens with zero attached hydrogens (tertiary/aromatic N) is 2. The van der Waals surface area contributed by atoms with Crippen molar-refractivity contribution in [1.29, 1.82) is 0 Å². The van der Waals surface area contributed by atoms with Gasteiger partial charge in [-0.15, -0.1) is 0 Å². The molecular formula is C11H19N5S. The zero-order valence-electron chi connectivity index (χ0n) is 10.3. The summed E-state index contributed by atoms with van der Waals surface area (Å²) in [6.07, 6.45) is 2.48. The number of hydrogen-bond donors (Lipinski definition) is 3. The minimum atomic E-state index is 0.507. The van der Waals surface area contributed by atoms with E-state index in [1.807, 2.05) is 25.6 Å². The lowest BCUT2D eigenvalue weighted by Crippen LogP contribution is -2.27. The number of nitrogens with two attached hydrogens (primary N) is 1. The molecule has 0 saturated carbocycles. The first kappa shape index (κ1) is 12.4. The molecule has 4 N–H and O–H groups in total. The van der Waals surface area contributed by atoms with Crippen LogP contribution in [0.15, 0.2) is 0 Å². The maximum atomic E-state index is 5.45. The second kappa shape index (κ2) is 5.55. The number of hydrazine groups is 1. The molecule has 0 radical (unpaired) electrons. The highest BCUT2D eigenvalue weighted by molar-refractivity contribution is 7.99. The molecule has 0 aliphatic carbocycles. The average Bonchev–Trinajstić information content (AvgIpc) is 2.34. The van der Waals surface area contributed by atoms with Gasteiger partial charge in [0.05, 0.1) is 0 Å². The van der Waals surface area contributed by atoms with Crippen molar-refractivity contribution in [3.05, 3.63) is 11.4 Å². The molecule has 17 heavy (non-hydrogen) atoms. The largest absolute Gasteiger partial charge is 0.366 e. The van der Waals surface area contributed by atoms with Gasteiger partial charge in [0.25, 0.3) is 0 Å². The van der Waals surface area contributed by atoms with Crippen molar-refractivity contribution < 1.29 is 0 Å². The van der Waals surface area contributed by atoms with E-state index in [9.17, 15) is 0 Å². The SMILES string of the molecule is Cc1nc(NN)c(C)c(NC2CCCSC2)n1. The number of aromatic nitrogens is 2. The zero-order chi connectivity index (χ0) is 12.3. The molecular weight excluding hydrogens is 234 g/mol. The van der Waals surface area contributed by atoms with Gasteiger partial charge in [-0.05, 0) is 32.4 Å². The molecule has 94 valence electrons. The third kappa shape index (κ3) is 3.01. The second-order valence-electron chi connectivity index (χ2n) is 4.30. The quantitative estimate of drug-likeness (QED) is 0.562. The highest BCUT2D eigenvalue weighted by Crippen LogP contribution is 2.24. The van der Waals surface area contributed by atoms with Crippen molar-refractivity contribution in [1.82, 2.24) is 9.97 Å². The molecule has 0 aromatic carbocycles. The molecule has 6 heteroatoms. The molecule has 1 atom stereocenters. The molecule has 5 nitrogen and oxygen atoms in total. The van der Waals surface area contributed by atoms with E-state index < -0.39 is 0 Å². The van der Waals surface area contributed by atoms with Gasteiger partial charge in [-0.2, -0.15) is 11.8 Å². The van der Waals surface area contributed by atoms with Crippen molar-refractivity contribution in [3.8, 4) is 0 Å². The Morgan fingerprint density at radius 1 is 1.29 bits per heavy atom. The summed E-state index contributed by atoms with van der Waals surface area (Å²) in [5.41, 5.74) is 3.60. The minimum Gasteiger partial charge on any atom is -0.366 e. The van der Waals surface area contributed by atoms with Crippen LogP contribution in [0.2, 0.25) is 0 Å². The van der Waals surface area contributed by atoms with Crippen LogP contribution in [-0.2, 0) is 0 Å². The lowest BCUT2D eigenvalue weighted by Gasteiger charge is -2.24. The fourth-order valence-corrected chi connectivity index (χ4v) is 3.03. The number of thioether (sulfide) groups is 1. The summed E-state index contributed by atoms with van der Waals surface area (Å²) in [5, 5.41) is 3.50. The van der Waals surface area contributed by atoms with Crippen molar-refractivity contribution in [2.75, 3.05) is 22.2 Å². The fraction of sp³-hybridized carbons (Fsp3) is 0.636. The molecule has 1 aliphatic heterocycles. The van der Waals surface area contributed by atoms with Gasteiger partial charge in [0, 0.05) is 17.4 Å². The van der Waals surface area contributed by atoms with E-state index in [0.717, 1.165) is 23.0 Å². The summed E-state index contributed by atoms with van der Waals surface area (Å²) in [5.74, 6) is 10.2. The third-order valence-electron chi connectivity index (χ3n) is 2.90. The summed E-state index contributed by atoms with van der Waals surface area (Å²) >= 11 is 2.00. The van der Waals surface area contributed by atoms with E-state index in [2.05, 4.69) is 20.7 Å². The Morgan fingerprint density at radius 3 is 2.71 bits per heavy atom. The maximum Gasteiger partial charge on any atom is 0.148 e. The monoisotopic (exact) mass is 253 g/mol. The summed E-state index contributed by atoms with van der Waals surface area (Å²) in [6, 6.07) is 0.507. The van der Waals surface area contributed by atoms with E-state index in [1.165, 1.54) is 18.6 Å². The van der Waals surface area contributed by atoms with Gasteiger partial charge in [-0.1, -0.05) is 0 Å². The van der Waals surface area contributed by atoms with E-state index in [-0.39, 0.29) is 0 Å². The number of rotatable bonds is 3. The van der Waals surface area contributed by atoms with Crippen molar-refractivity contribution in [2.45, 2.75) is 32.7 Å². The van der Waals surface area contributed by atoms with Crippen LogP contribution in [0, 0.1) is 13.8 Å². The van der Waals surface area contributed by atoms with E-state index >= 15 is 0 Å². The van der Waals surface area contributed by atoms with Gasteiger partial charge < -0.3 is 10.7 Å². The molecule has 1 aromatic rings. The molecule has 0 bridgehead atoms. The first-order valence-corrected chi connectivity index (χ1v) is 7.02. The fourth-order valence-electron chi connectivity index (χ4n) is 1.96. The molecule has 1 unspecified atom stereocenters. The Labute approximate surface area is 106 Å². The Bertz CT molecular complexity index is 390. The molecule has 2 heterocycles. The van der Waals surface area contributed by atoms with Crippen LogP contribution in [0.5, 0.6) is 0 Å². The van der Waals surface area contributed by atoms with E-state index in [1.54, 1.807) is 0 Å². The Hall–Kier alpha value is -1.01. The summed E-state index contributed by atoms with van der Waals surface area (Å²) in [7, 11) is 0. The number of aryl methyl sites for hydroxylation is 1. The van der Waals surface area contributed by atoms with Crippen LogP contribution in [0.25, 0.3) is 0 Å².